The molecule has 0 bridgehead atoms. The third-order valence-electron chi connectivity index (χ3n) is 3.35. The number of hydrogen-bond donors (Lipinski definition) is 0. The number of likely N-dealkylation sites (tertiary alicyclic amines) is 1. The molecule has 0 aromatic heterocycles. The van der Waals surface area contributed by atoms with E-state index in [4.69, 9.17) is 4.74 Å². The Kier molecular flexibility index (Phi) is 4.31. The molecule has 0 spiro atoms. The van der Waals surface area contributed by atoms with E-state index in [1.165, 1.54) is 19.2 Å². The van der Waals surface area contributed by atoms with Gasteiger partial charge in [-0.25, -0.2) is 4.39 Å². The topological polar surface area (TPSA) is 29.5 Å². The molecule has 1 saturated heterocycles. The van der Waals surface area contributed by atoms with Gasteiger partial charge in [0.05, 0.1) is 6.04 Å². The van der Waals surface area contributed by atoms with Crippen LogP contribution >= 0.6 is 0 Å². The number of ether oxygens (including phenoxy) is 1. The van der Waals surface area contributed by atoms with Crippen molar-refractivity contribution >= 4 is 5.91 Å². The monoisotopic (exact) mass is 251 g/mol. The molecule has 3 nitrogen and oxygen atoms in total. The van der Waals surface area contributed by atoms with Crippen molar-refractivity contribution in [1.29, 1.82) is 0 Å². The summed E-state index contributed by atoms with van der Waals surface area (Å²) in [6.07, 6.45) is 3.05. The molecule has 98 valence electrons. The molecule has 4 heteroatoms. The van der Waals surface area contributed by atoms with Gasteiger partial charge < -0.3 is 9.64 Å². The Labute approximate surface area is 107 Å². The Hall–Kier alpha value is -1.42. The molecule has 1 aromatic carbocycles. The number of benzene rings is 1. The molecule has 1 aromatic rings. The fourth-order valence-electron chi connectivity index (χ4n) is 2.47. The summed E-state index contributed by atoms with van der Waals surface area (Å²) in [7, 11) is 1.52. The largest absolute Gasteiger partial charge is 0.375 e. The molecule has 0 aliphatic carbocycles. The quantitative estimate of drug-likeness (QED) is 0.826. The maximum absolute atomic E-state index is 12.9. The second-order valence-corrected chi connectivity index (χ2v) is 4.58. The standard InChI is InChI=1S/C14H18FNO2/c1-18-10-14(17)16-9-3-2-4-13(16)11-5-7-12(15)8-6-11/h5-8,13H,2-4,9-10H2,1H3/t13-/m1/s1. The number of halogens is 1. The SMILES string of the molecule is COCC(=O)N1CCCC[C@@H]1c1ccc(F)cc1. The van der Waals surface area contributed by atoms with Crippen molar-refractivity contribution in [3.63, 3.8) is 0 Å². The minimum atomic E-state index is -0.246. The lowest BCUT2D eigenvalue weighted by atomic mass is 9.95. The molecule has 0 saturated carbocycles. The van der Waals surface area contributed by atoms with Crippen LogP contribution in [0.3, 0.4) is 0 Å². The van der Waals surface area contributed by atoms with Crippen molar-refractivity contribution in [2.45, 2.75) is 25.3 Å². The first-order valence-electron chi connectivity index (χ1n) is 6.26. The Bertz CT molecular complexity index is 405. The zero-order chi connectivity index (χ0) is 13.0. The van der Waals surface area contributed by atoms with Crippen LogP contribution in [0.15, 0.2) is 24.3 Å². The second kappa shape index (κ2) is 5.96. The molecule has 1 aliphatic rings. The lowest BCUT2D eigenvalue weighted by Crippen LogP contribution is -2.40. The lowest BCUT2D eigenvalue weighted by Gasteiger charge is -2.36. The zero-order valence-corrected chi connectivity index (χ0v) is 10.6. The molecule has 1 aliphatic heterocycles. The van der Waals surface area contributed by atoms with Crippen LogP contribution in [0.5, 0.6) is 0 Å². The van der Waals surface area contributed by atoms with Crippen LogP contribution in [0.4, 0.5) is 4.39 Å². The minimum Gasteiger partial charge on any atom is -0.375 e. The van der Waals surface area contributed by atoms with E-state index >= 15 is 0 Å². The van der Waals surface area contributed by atoms with Gasteiger partial charge in [0, 0.05) is 13.7 Å². The number of nitrogens with zero attached hydrogens (tertiary/aromatic N) is 1. The van der Waals surface area contributed by atoms with Crippen molar-refractivity contribution in [2.24, 2.45) is 0 Å². The zero-order valence-electron chi connectivity index (χ0n) is 10.6. The minimum absolute atomic E-state index is 0.00604. The molecule has 1 atom stereocenters. The highest BCUT2D eigenvalue weighted by Gasteiger charge is 2.27. The van der Waals surface area contributed by atoms with E-state index in [2.05, 4.69) is 0 Å². The van der Waals surface area contributed by atoms with Gasteiger partial charge in [-0.05, 0) is 37.0 Å². The summed E-state index contributed by atoms with van der Waals surface area (Å²) in [4.78, 5) is 13.8. The first-order valence-corrected chi connectivity index (χ1v) is 6.26. The lowest BCUT2D eigenvalue weighted by molar-refractivity contribution is -0.139. The van der Waals surface area contributed by atoms with E-state index < -0.39 is 0 Å². The predicted octanol–water partition coefficient (Wildman–Crippen LogP) is 2.53. The maximum Gasteiger partial charge on any atom is 0.249 e. The smallest absolute Gasteiger partial charge is 0.249 e. The summed E-state index contributed by atoms with van der Waals surface area (Å²) in [5.41, 5.74) is 1.00. The molecular weight excluding hydrogens is 233 g/mol. The van der Waals surface area contributed by atoms with Crippen molar-refractivity contribution in [3.8, 4) is 0 Å². The predicted molar refractivity (Wildman–Crippen MR) is 66.6 cm³/mol. The fraction of sp³-hybridized carbons (Fsp3) is 0.500. The summed E-state index contributed by atoms with van der Waals surface area (Å²) in [5, 5.41) is 0. The fourth-order valence-corrected chi connectivity index (χ4v) is 2.47. The Balaban J connectivity index is 2.17. The molecule has 1 heterocycles. The van der Waals surface area contributed by atoms with Crippen molar-refractivity contribution in [3.05, 3.63) is 35.6 Å². The van der Waals surface area contributed by atoms with Crippen LogP contribution in [0.25, 0.3) is 0 Å². The number of carbonyl (C=O) groups excluding carboxylic acids is 1. The average molecular weight is 251 g/mol. The molecular formula is C14H18FNO2. The van der Waals surface area contributed by atoms with Gasteiger partial charge in [0.25, 0.3) is 0 Å². The van der Waals surface area contributed by atoms with Crippen LogP contribution in [0.1, 0.15) is 30.9 Å². The Morgan fingerprint density at radius 3 is 2.78 bits per heavy atom. The van der Waals surface area contributed by atoms with Crippen LogP contribution in [-0.2, 0) is 9.53 Å². The third kappa shape index (κ3) is 2.88. The van der Waals surface area contributed by atoms with Gasteiger partial charge in [0.15, 0.2) is 0 Å². The molecule has 18 heavy (non-hydrogen) atoms. The number of piperidine rings is 1. The van der Waals surface area contributed by atoms with E-state index in [9.17, 15) is 9.18 Å². The van der Waals surface area contributed by atoms with Gasteiger partial charge in [-0.1, -0.05) is 12.1 Å². The van der Waals surface area contributed by atoms with Gasteiger partial charge in [-0.2, -0.15) is 0 Å². The Morgan fingerprint density at radius 1 is 1.39 bits per heavy atom. The first kappa shape index (κ1) is 13.0. The van der Waals surface area contributed by atoms with Gasteiger partial charge in [0.1, 0.15) is 12.4 Å². The third-order valence-corrected chi connectivity index (χ3v) is 3.35. The van der Waals surface area contributed by atoms with Crippen LogP contribution in [0, 0.1) is 5.82 Å². The molecule has 0 N–H and O–H groups in total. The van der Waals surface area contributed by atoms with Crippen LogP contribution in [0.2, 0.25) is 0 Å². The molecule has 0 unspecified atom stereocenters. The van der Waals surface area contributed by atoms with E-state index in [0.717, 1.165) is 31.4 Å². The van der Waals surface area contributed by atoms with E-state index in [0.29, 0.717) is 0 Å². The number of amides is 1. The average Bonchev–Trinajstić information content (AvgIpc) is 2.40. The molecule has 1 amide bonds. The number of methoxy groups -OCH3 is 1. The summed E-state index contributed by atoms with van der Waals surface area (Å²) < 4.78 is 17.8. The van der Waals surface area contributed by atoms with E-state index in [1.807, 2.05) is 4.90 Å². The van der Waals surface area contributed by atoms with Gasteiger partial charge >= 0.3 is 0 Å². The number of rotatable bonds is 3. The molecule has 2 rings (SSSR count). The highest BCUT2D eigenvalue weighted by atomic mass is 19.1. The van der Waals surface area contributed by atoms with Gasteiger partial charge in [-0.15, -0.1) is 0 Å². The van der Waals surface area contributed by atoms with Crippen LogP contribution in [-0.4, -0.2) is 31.1 Å². The molecule has 1 fully saturated rings. The number of hydrogen-bond acceptors (Lipinski definition) is 2. The maximum atomic E-state index is 12.9. The normalized spacial score (nSPS) is 19.9. The van der Waals surface area contributed by atoms with E-state index in [-0.39, 0.29) is 24.4 Å². The van der Waals surface area contributed by atoms with Gasteiger partial charge in [0.2, 0.25) is 5.91 Å². The summed E-state index contributed by atoms with van der Waals surface area (Å²) in [6.45, 7) is 0.863. The Morgan fingerprint density at radius 2 is 2.11 bits per heavy atom. The van der Waals surface area contributed by atoms with Crippen molar-refractivity contribution < 1.29 is 13.9 Å². The summed E-state index contributed by atoms with van der Waals surface area (Å²) >= 11 is 0. The summed E-state index contributed by atoms with van der Waals surface area (Å²) in [6, 6.07) is 6.48. The van der Waals surface area contributed by atoms with Crippen molar-refractivity contribution in [1.82, 2.24) is 4.90 Å². The summed E-state index contributed by atoms with van der Waals surface area (Å²) in [5.74, 6) is -0.240. The van der Waals surface area contributed by atoms with Gasteiger partial charge in [-0.3, -0.25) is 4.79 Å². The van der Waals surface area contributed by atoms with Crippen molar-refractivity contribution in [2.75, 3.05) is 20.3 Å². The highest BCUT2D eigenvalue weighted by Crippen LogP contribution is 2.30. The first-order chi connectivity index (χ1) is 8.72. The highest BCUT2D eigenvalue weighted by molar-refractivity contribution is 5.78. The van der Waals surface area contributed by atoms with Crippen LogP contribution < -0.4 is 0 Å². The molecule has 0 radical (unpaired) electrons. The number of carbonyl (C=O) groups is 1. The van der Waals surface area contributed by atoms with E-state index in [1.54, 1.807) is 12.1 Å². The second-order valence-electron chi connectivity index (χ2n) is 4.58.